The van der Waals surface area contributed by atoms with Crippen molar-refractivity contribution in [2.24, 2.45) is 0 Å². The second-order valence-electron chi connectivity index (χ2n) is 2.10. The molecule has 0 aromatic rings. The summed E-state index contributed by atoms with van der Waals surface area (Å²) in [6.45, 7) is 5.45. The van der Waals surface area contributed by atoms with Crippen molar-refractivity contribution in [2.45, 2.75) is 6.92 Å². The van der Waals surface area contributed by atoms with E-state index in [4.69, 9.17) is 19.4 Å². The largest absolute Gasteiger partial charge is 0.113 e. The molecule has 11 heavy (non-hydrogen) atoms. The van der Waals surface area contributed by atoms with Crippen LogP contribution in [0.4, 0.5) is 0 Å². The summed E-state index contributed by atoms with van der Waals surface area (Å²) in [7, 11) is 5.65. The van der Waals surface area contributed by atoms with E-state index in [-0.39, 0.29) is 0 Å². The highest BCUT2D eigenvalue weighted by molar-refractivity contribution is 9.09. The van der Waals surface area contributed by atoms with Gasteiger partial charge in [-0.05, 0) is 6.92 Å². The highest BCUT2D eigenvalue weighted by Gasteiger charge is 1.91. The van der Waals surface area contributed by atoms with Crippen LogP contribution in [0, 0.1) is 0 Å². The van der Waals surface area contributed by atoms with E-state index in [0.29, 0.717) is 10.5 Å². The lowest BCUT2D eigenvalue weighted by Gasteiger charge is -1.98. The van der Waals surface area contributed by atoms with Crippen molar-refractivity contribution in [3.05, 3.63) is 34.8 Å². The number of hydrogen-bond donors (Lipinski definition) is 0. The Balaban J connectivity index is 4.49. The Hall–Kier alpha value is 0.0549. The van der Waals surface area contributed by atoms with Gasteiger partial charge in [0, 0.05) is 10.4 Å². The van der Waals surface area contributed by atoms with Crippen molar-refractivity contribution in [3.63, 3.8) is 0 Å². The Morgan fingerprint density at radius 1 is 1.73 bits per heavy atom. The topological polar surface area (TPSA) is 0 Å². The van der Waals surface area contributed by atoms with Crippen molar-refractivity contribution >= 4 is 35.4 Å². The summed E-state index contributed by atoms with van der Waals surface area (Å²) in [4.78, 5) is 0. The summed E-state index contributed by atoms with van der Waals surface area (Å²) in [5, 5.41) is 1.32. The molecule has 0 aliphatic heterocycles. The van der Waals surface area contributed by atoms with Crippen LogP contribution in [-0.2, 0) is 0 Å². The van der Waals surface area contributed by atoms with E-state index in [1.165, 1.54) is 0 Å². The molecule has 0 spiro atoms. The summed E-state index contributed by atoms with van der Waals surface area (Å²) in [6.07, 6.45) is 3.24. The number of rotatable bonds is 3. The van der Waals surface area contributed by atoms with Gasteiger partial charge in [-0.25, -0.2) is 0 Å². The van der Waals surface area contributed by atoms with Crippen LogP contribution in [0.3, 0.4) is 0 Å². The number of halogens is 2. The molecule has 0 fully saturated rings. The van der Waals surface area contributed by atoms with Crippen LogP contribution in [-0.4, -0.2) is 13.2 Å². The minimum absolute atomic E-state index is 0.558. The molecule has 0 heterocycles. The molecule has 0 aromatic carbocycles. The van der Waals surface area contributed by atoms with E-state index in [0.717, 1.165) is 10.9 Å². The fraction of sp³-hybridized carbons (Fsp3) is 0.250. The predicted molar refractivity (Wildman–Crippen MR) is 56.4 cm³/mol. The number of allylic oxidation sites excluding steroid dienone is 5. The van der Waals surface area contributed by atoms with Crippen molar-refractivity contribution in [2.75, 3.05) is 5.33 Å². The highest BCUT2D eigenvalue weighted by atomic mass is 79.9. The van der Waals surface area contributed by atoms with Gasteiger partial charge in [0.1, 0.15) is 7.85 Å². The van der Waals surface area contributed by atoms with E-state index < -0.39 is 0 Å². The predicted octanol–water partition coefficient (Wildman–Crippen LogP) is 3.13. The van der Waals surface area contributed by atoms with Gasteiger partial charge >= 0.3 is 0 Å². The Kier molecular flexibility index (Phi) is 5.70. The molecule has 0 unspecified atom stereocenters. The van der Waals surface area contributed by atoms with Crippen LogP contribution in [0.15, 0.2) is 34.8 Å². The van der Waals surface area contributed by atoms with Gasteiger partial charge in [-0.1, -0.05) is 57.3 Å². The van der Waals surface area contributed by atoms with Gasteiger partial charge in [0.15, 0.2) is 0 Å². The van der Waals surface area contributed by atoms with Crippen molar-refractivity contribution in [1.82, 2.24) is 0 Å². The SMILES string of the molecule is [B]C(/C=C(/Cl)C=C)=C(\C)CBr. The first-order valence-electron chi connectivity index (χ1n) is 3.12. The van der Waals surface area contributed by atoms with Gasteiger partial charge in [0.05, 0.1) is 0 Å². The van der Waals surface area contributed by atoms with Gasteiger partial charge in [0.25, 0.3) is 0 Å². The molecule has 0 atom stereocenters. The number of alkyl halides is 1. The minimum Gasteiger partial charge on any atom is -0.0976 e. The Bertz CT molecular complexity index is 206. The minimum atomic E-state index is 0.558. The molecule has 58 valence electrons. The zero-order valence-electron chi connectivity index (χ0n) is 6.40. The lowest BCUT2D eigenvalue weighted by Crippen LogP contribution is -1.86. The van der Waals surface area contributed by atoms with Crippen molar-refractivity contribution in [3.8, 4) is 0 Å². The van der Waals surface area contributed by atoms with Gasteiger partial charge in [-0.3, -0.25) is 0 Å². The van der Waals surface area contributed by atoms with Crippen LogP contribution < -0.4 is 0 Å². The van der Waals surface area contributed by atoms with Gasteiger partial charge in [-0.2, -0.15) is 0 Å². The molecule has 0 saturated carbocycles. The first kappa shape index (κ1) is 11.1. The third-order valence-electron chi connectivity index (χ3n) is 1.18. The summed E-state index contributed by atoms with van der Waals surface area (Å²) < 4.78 is 0. The fourth-order valence-corrected chi connectivity index (χ4v) is 0.849. The van der Waals surface area contributed by atoms with E-state index >= 15 is 0 Å². The first-order valence-corrected chi connectivity index (χ1v) is 4.62. The van der Waals surface area contributed by atoms with E-state index in [2.05, 4.69) is 22.5 Å². The molecule has 0 N–H and O–H groups in total. The lowest BCUT2D eigenvalue weighted by molar-refractivity contribution is 1.40. The Labute approximate surface area is 82.5 Å². The monoisotopic (exact) mass is 230 g/mol. The first-order chi connectivity index (χ1) is 5.11. The standard InChI is InChI=1S/C8H9BBrCl/c1-3-7(11)4-8(9)6(2)5-10/h3-4H,1,5H2,2H3/b7-4+,8-6+. The molecule has 3 heteroatoms. The molecule has 2 radical (unpaired) electrons. The summed E-state index contributed by atoms with van der Waals surface area (Å²) >= 11 is 8.97. The maximum Gasteiger partial charge on any atom is 0.113 e. The Morgan fingerprint density at radius 2 is 2.27 bits per heavy atom. The molecule has 0 nitrogen and oxygen atoms in total. The molecular formula is C8H9BBrCl. The molecule has 0 aromatic heterocycles. The van der Waals surface area contributed by atoms with E-state index in [1.807, 2.05) is 6.92 Å². The maximum absolute atomic E-state index is 5.67. The molecule has 0 saturated heterocycles. The molecule has 0 amide bonds. The van der Waals surface area contributed by atoms with Gasteiger partial charge < -0.3 is 0 Å². The van der Waals surface area contributed by atoms with Crippen LogP contribution in [0.2, 0.25) is 0 Å². The second kappa shape index (κ2) is 5.67. The van der Waals surface area contributed by atoms with Crippen molar-refractivity contribution < 1.29 is 0 Å². The zero-order valence-corrected chi connectivity index (χ0v) is 8.74. The number of hydrogen-bond acceptors (Lipinski definition) is 0. The Morgan fingerprint density at radius 3 is 2.64 bits per heavy atom. The smallest absolute Gasteiger partial charge is 0.0976 e. The van der Waals surface area contributed by atoms with Gasteiger partial charge in [-0.15, -0.1) is 0 Å². The lowest BCUT2D eigenvalue weighted by atomic mass is 9.91. The quantitative estimate of drug-likeness (QED) is 0.398. The fourth-order valence-electron chi connectivity index (χ4n) is 0.408. The molecular weight excluding hydrogens is 222 g/mol. The third-order valence-corrected chi connectivity index (χ3v) is 2.29. The average molecular weight is 231 g/mol. The van der Waals surface area contributed by atoms with E-state index in [1.54, 1.807) is 12.2 Å². The van der Waals surface area contributed by atoms with E-state index in [9.17, 15) is 0 Å². The molecule has 0 aliphatic rings. The summed E-state index contributed by atoms with van der Waals surface area (Å²) in [5.41, 5.74) is 1.75. The van der Waals surface area contributed by atoms with Crippen LogP contribution in [0.1, 0.15) is 6.92 Å². The second-order valence-corrected chi connectivity index (χ2v) is 3.10. The average Bonchev–Trinajstić information content (AvgIpc) is 2.02. The van der Waals surface area contributed by atoms with Gasteiger partial charge in [0.2, 0.25) is 0 Å². The summed E-state index contributed by atoms with van der Waals surface area (Å²) in [6, 6.07) is 0. The maximum atomic E-state index is 5.67. The van der Waals surface area contributed by atoms with Crippen molar-refractivity contribution in [1.29, 1.82) is 0 Å². The third kappa shape index (κ3) is 4.49. The van der Waals surface area contributed by atoms with Crippen LogP contribution in [0.25, 0.3) is 0 Å². The normalized spacial score (nSPS) is 14.3. The molecule has 0 aliphatic carbocycles. The molecule has 0 bridgehead atoms. The molecule has 0 rings (SSSR count). The highest BCUT2D eigenvalue weighted by Crippen LogP contribution is 2.10. The summed E-state index contributed by atoms with van der Waals surface area (Å²) in [5.74, 6) is 0. The van der Waals surface area contributed by atoms with Crippen LogP contribution >= 0.6 is 27.5 Å². The van der Waals surface area contributed by atoms with Crippen LogP contribution in [0.5, 0.6) is 0 Å². The zero-order chi connectivity index (χ0) is 8.85.